The number of halogens is 5. The molecule has 2 rings (SSSR count). The van der Waals surface area contributed by atoms with Gasteiger partial charge in [0.2, 0.25) is 0 Å². The predicted molar refractivity (Wildman–Crippen MR) is 69.1 cm³/mol. The van der Waals surface area contributed by atoms with Crippen LogP contribution in [0.3, 0.4) is 0 Å². The lowest BCUT2D eigenvalue weighted by Gasteiger charge is -2.11. The van der Waals surface area contributed by atoms with Gasteiger partial charge in [-0.3, -0.25) is 9.78 Å². The van der Waals surface area contributed by atoms with Crippen LogP contribution in [0.4, 0.5) is 13.2 Å². The molecular weight excluding hydrogens is 314 g/mol. The van der Waals surface area contributed by atoms with E-state index in [1.807, 2.05) is 0 Å². The van der Waals surface area contributed by atoms with Gasteiger partial charge in [0.1, 0.15) is 0 Å². The highest BCUT2D eigenvalue weighted by molar-refractivity contribution is 6.35. The molecule has 2 nitrogen and oxygen atoms in total. The Morgan fingerprint density at radius 3 is 2.25 bits per heavy atom. The molecule has 0 aliphatic rings. The summed E-state index contributed by atoms with van der Waals surface area (Å²) in [5.74, 6) is -0.838. The Morgan fingerprint density at radius 2 is 1.70 bits per heavy atom. The van der Waals surface area contributed by atoms with Crippen LogP contribution in [0.5, 0.6) is 0 Å². The van der Waals surface area contributed by atoms with Gasteiger partial charge in [-0.25, -0.2) is 0 Å². The molecule has 104 valence electrons. The monoisotopic (exact) mass is 319 g/mol. The Bertz CT molecular complexity index is 651. The van der Waals surface area contributed by atoms with E-state index in [1.165, 1.54) is 18.2 Å². The van der Waals surface area contributed by atoms with Crippen LogP contribution < -0.4 is 0 Å². The summed E-state index contributed by atoms with van der Waals surface area (Å²) < 4.78 is 38.6. The van der Waals surface area contributed by atoms with Crippen molar-refractivity contribution in [2.24, 2.45) is 0 Å². The topological polar surface area (TPSA) is 30.0 Å². The second-order valence-corrected chi connectivity index (χ2v) is 4.78. The van der Waals surface area contributed by atoms with Crippen molar-refractivity contribution in [1.29, 1.82) is 0 Å². The molecule has 0 aliphatic heterocycles. The summed E-state index contributed by atoms with van der Waals surface area (Å²) in [6.45, 7) is 0. The Hall–Kier alpha value is -1.59. The Labute approximate surface area is 122 Å². The first-order valence-corrected chi connectivity index (χ1v) is 6.06. The minimum absolute atomic E-state index is 0.0269. The number of alkyl halides is 3. The van der Waals surface area contributed by atoms with Crippen LogP contribution in [0, 0.1) is 0 Å². The summed E-state index contributed by atoms with van der Waals surface area (Å²) in [7, 11) is 0. The molecule has 0 aliphatic carbocycles. The maximum Gasteiger partial charge on any atom is 0.417 e. The molecule has 0 saturated heterocycles. The molecule has 0 unspecified atom stereocenters. The lowest BCUT2D eigenvalue weighted by atomic mass is 10.0. The second-order valence-electron chi connectivity index (χ2n) is 3.91. The number of carbonyl (C=O) groups excluding carboxylic acids is 1. The van der Waals surface area contributed by atoms with Crippen molar-refractivity contribution in [3.05, 3.63) is 63.4 Å². The van der Waals surface area contributed by atoms with E-state index >= 15 is 0 Å². The van der Waals surface area contributed by atoms with Crippen LogP contribution in [-0.4, -0.2) is 10.8 Å². The van der Waals surface area contributed by atoms with Gasteiger partial charge < -0.3 is 0 Å². The normalized spacial score (nSPS) is 11.4. The fourth-order valence-electron chi connectivity index (χ4n) is 1.66. The highest BCUT2D eigenvalue weighted by Crippen LogP contribution is 2.33. The van der Waals surface area contributed by atoms with E-state index in [9.17, 15) is 18.0 Å². The number of pyridine rings is 1. The van der Waals surface area contributed by atoms with E-state index in [0.29, 0.717) is 0 Å². The predicted octanol–water partition coefficient (Wildman–Crippen LogP) is 4.64. The molecule has 20 heavy (non-hydrogen) atoms. The van der Waals surface area contributed by atoms with E-state index in [4.69, 9.17) is 23.2 Å². The molecule has 0 spiro atoms. The zero-order chi connectivity index (χ0) is 14.9. The number of benzene rings is 1. The Balaban J connectivity index is 2.54. The van der Waals surface area contributed by atoms with Gasteiger partial charge in [-0.1, -0.05) is 23.2 Å². The molecule has 0 N–H and O–H groups in total. The maximum atomic E-state index is 12.9. The molecule has 2 aromatic rings. The largest absolute Gasteiger partial charge is 0.417 e. The third-order valence-corrected chi connectivity index (χ3v) is 2.93. The van der Waals surface area contributed by atoms with Crippen LogP contribution in [-0.2, 0) is 6.18 Å². The third-order valence-electron chi connectivity index (χ3n) is 2.50. The van der Waals surface area contributed by atoms with Gasteiger partial charge in [-0.05, 0) is 24.3 Å². The zero-order valence-electron chi connectivity index (χ0n) is 9.71. The SMILES string of the molecule is O=C(c1cc(Cl)cc(Cl)c1)c1cnccc1C(F)(F)F. The summed E-state index contributed by atoms with van der Waals surface area (Å²) in [4.78, 5) is 15.7. The number of ketones is 1. The van der Waals surface area contributed by atoms with E-state index in [2.05, 4.69) is 4.98 Å². The van der Waals surface area contributed by atoms with Crippen LogP contribution in [0.25, 0.3) is 0 Å². The van der Waals surface area contributed by atoms with Crippen LogP contribution in [0.2, 0.25) is 10.0 Å². The van der Waals surface area contributed by atoms with Crippen molar-refractivity contribution in [2.75, 3.05) is 0 Å². The molecule has 0 amide bonds. The Morgan fingerprint density at radius 1 is 1.10 bits per heavy atom. The van der Waals surface area contributed by atoms with E-state index < -0.39 is 23.1 Å². The van der Waals surface area contributed by atoms with E-state index in [0.717, 1.165) is 18.5 Å². The summed E-state index contributed by atoms with van der Waals surface area (Å²) in [6.07, 6.45) is -2.79. The standard InChI is InChI=1S/C13H6Cl2F3NO/c14-8-3-7(4-9(15)5-8)12(20)10-6-19-2-1-11(10)13(16,17)18/h1-6H. The Kier molecular flexibility index (Phi) is 4.01. The van der Waals surface area contributed by atoms with Gasteiger partial charge >= 0.3 is 6.18 Å². The molecule has 0 atom stereocenters. The van der Waals surface area contributed by atoms with Crippen molar-refractivity contribution in [2.45, 2.75) is 6.18 Å². The summed E-state index contributed by atoms with van der Waals surface area (Å²) in [6, 6.07) is 4.64. The fraction of sp³-hybridized carbons (Fsp3) is 0.0769. The summed E-state index contributed by atoms with van der Waals surface area (Å²) in [5.41, 5.74) is -1.62. The average Bonchev–Trinajstić information content (AvgIpc) is 2.35. The molecule has 0 saturated carbocycles. The molecule has 1 aromatic carbocycles. The smallest absolute Gasteiger partial charge is 0.289 e. The van der Waals surface area contributed by atoms with Crippen molar-refractivity contribution in [3.63, 3.8) is 0 Å². The van der Waals surface area contributed by atoms with Gasteiger partial charge in [0.05, 0.1) is 11.1 Å². The first kappa shape index (κ1) is 14.8. The van der Waals surface area contributed by atoms with Crippen molar-refractivity contribution in [1.82, 2.24) is 4.98 Å². The number of rotatable bonds is 2. The molecule has 0 fully saturated rings. The highest BCUT2D eigenvalue weighted by atomic mass is 35.5. The number of hydrogen-bond donors (Lipinski definition) is 0. The van der Waals surface area contributed by atoms with Crippen LogP contribution in [0.1, 0.15) is 21.5 Å². The van der Waals surface area contributed by atoms with Gasteiger partial charge in [-0.15, -0.1) is 0 Å². The van der Waals surface area contributed by atoms with Gasteiger partial charge in [-0.2, -0.15) is 13.2 Å². The first-order valence-electron chi connectivity index (χ1n) is 5.31. The second kappa shape index (κ2) is 5.42. The molecule has 0 radical (unpaired) electrons. The minimum Gasteiger partial charge on any atom is -0.289 e. The van der Waals surface area contributed by atoms with Crippen LogP contribution >= 0.6 is 23.2 Å². The van der Waals surface area contributed by atoms with Gasteiger partial charge in [0.25, 0.3) is 0 Å². The third kappa shape index (κ3) is 3.11. The van der Waals surface area contributed by atoms with Crippen LogP contribution in [0.15, 0.2) is 36.7 Å². The fourth-order valence-corrected chi connectivity index (χ4v) is 2.19. The molecule has 1 heterocycles. The molecule has 1 aromatic heterocycles. The van der Waals surface area contributed by atoms with E-state index in [-0.39, 0.29) is 15.6 Å². The number of hydrogen-bond acceptors (Lipinski definition) is 2. The number of nitrogens with zero attached hydrogens (tertiary/aromatic N) is 1. The molecule has 0 bridgehead atoms. The molecular formula is C13H6Cl2F3NO. The minimum atomic E-state index is -4.64. The number of carbonyl (C=O) groups is 1. The first-order chi connectivity index (χ1) is 9.29. The number of aromatic nitrogens is 1. The average molecular weight is 320 g/mol. The lowest BCUT2D eigenvalue weighted by Crippen LogP contribution is -2.14. The quantitative estimate of drug-likeness (QED) is 0.755. The highest BCUT2D eigenvalue weighted by Gasteiger charge is 2.35. The van der Waals surface area contributed by atoms with Gasteiger partial charge in [0.15, 0.2) is 5.78 Å². The zero-order valence-corrected chi connectivity index (χ0v) is 11.2. The van der Waals surface area contributed by atoms with Crippen molar-refractivity contribution >= 4 is 29.0 Å². The lowest BCUT2D eigenvalue weighted by molar-refractivity contribution is -0.137. The van der Waals surface area contributed by atoms with Gasteiger partial charge in [0, 0.05) is 28.0 Å². The van der Waals surface area contributed by atoms with Crippen molar-refractivity contribution < 1.29 is 18.0 Å². The van der Waals surface area contributed by atoms with Crippen molar-refractivity contribution in [3.8, 4) is 0 Å². The van der Waals surface area contributed by atoms with E-state index in [1.54, 1.807) is 0 Å². The maximum absolute atomic E-state index is 12.9. The summed E-state index contributed by atoms with van der Waals surface area (Å²) in [5, 5.41) is 0.330. The summed E-state index contributed by atoms with van der Waals surface area (Å²) >= 11 is 11.5. The molecule has 7 heteroatoms.